The van der Waals surface area contributed by atoms with Crippen LogP contribution in [-0.4, -0.2) is 51.1 Å². The Morgan fingerprint density at radius 1 is 0.839 bits per heavy atom. The van der Waals surface area contributed by atoms with Gasteiger partial charge in [0.2, 0.25) is 0 Å². The number of ether oxygens (including phenoxy) is 3. The van der Waals surface area contributed by atoms with E-state index < -0.39 is 24.0 Å². The predicted molar refractivity (Wildman–Crippen MR) is 114 cm³/mol. The van der Waals surface area contributed by atoms with Gasteiger partial charge in [-0.2, -0.15) is 0 Å². The molecule has 2 unspecified atom stereocenters. The van der Waals surface area contributed by atoms with Gasteiger partial charge < -0.3 is 19.1 Å². The molecule has 0 fully saturated rings. The molecule has 0 aliphatic carbocycles. The number of ketones is 1. The maximum absolute atomic E-state index is 13.7. The zero-order valence-electron chi connectivity index (χ0n) is 17.3. The number of hydrogen-bond acceptors (Lipinski definition) is 7. The average molecular weight is 419 g/mol. The van der Waals surface area contributed by atoms with Crippen molar-refractivity contribution in [1.82, 2.24) is 0 Å². The quantitative estimate of drug-likeness (QED) is 0.544. The van der Waals surface area contributed by atoms with E-state index in [1.54, 1.807) is 35.2 Å². The van der Waals surface area contributed by atoms with Crippen LogP contribution in [0.25, 0.3) is 6.08 Å². The molecule has 0 N–H and O–H groups in total. The van der Waals surface area contributed by atoms with Crippen molar-refractivity contribution in [2.75, 3.05) is 26.2 Å². The minimum Gasteiger partial charge on any atom is -0.497 e. The van der Waals surface area contributed by atoms with E-state index in [1.165, 1.54) is 21.3 Å². The van der Waals surface area contributed by atoms with Crippen molar-refractivity contribution in [2.24, 2.45) is 0 Å². The molecule has 2 aromatic rings. The number of fused-ring (bicyclic) bond motifs is 3. The average Bonchev–Trinajstić information content (AvgIpc) is 3.18. The lowest BCUT2D eigenvalue weighted by Crippen LogP contribution is -2.45. The Balaban J connectivity index is 1.92. The molecule has 0 saturated carbocycles. The molecular weight excluding hydrogens is 398 g/mol. The van der Waals surface area contributed by atoms with Gasteiger partial charge in [-0.15, -0.1) is 0 Å². The molecule has 0 spiro atoms. The summed E-state index contributed by atoms with van der Waals surface area (Å²) in [6.45, 7) is 0. The highest BCUT2D eigenvalue weighted by atomic mass is 16.5. The van der Waals surface area contributed by atoms with E-state index in [9.17, 15) is 14.4 Å². The van der Waals surface area contributed by atoms with Gasteiger partial charge in [0, 0.05) is 11.3 Å². The lowest BCUT2D eigenvalue weighted by Gasteiger charge is -2.35. The maximum Gasteiger partial charge on any atom is 0.336 e. The summed E-state index contributed by atoms with van der Waals surface area (Å²) in [5, 5.41) is 0. The molecule has 0 saturated heterocycles. The number of Topliss-reactive ketones (excluding diaryl/α,β-unsaturated/α-hetero) is 1. The first-order chi connectivity index (χ1) is 15.0. The standard InChI is InChI=1S/C24H21NO6/c1-29-16-11-8-15(9-12-16)22(26)21-20(24(28)31-3)19(23(27)30-2)18-13-10-14-6-4-5-7-17(14)25(18)21/h4-13,18,21H,1-3H3. The van der Waals surface area contributed by atoms with Gasteiger partial charge in [0.1, 0.15) is 11.8 Å². The van der Waals surface area contributed by atoms with Gasteiger partial charge in [-0.1, -0.05) is 30.4 Å². The number of carbonyl (C=O) groups excluding carboxylic acids is 3. The van der Waals surface area contributed by atoms with Crippen LogP contribution in [0.2, 0.25) is 0 Å². The third-order valence-corrected chi connectivity index (χ3v) is 5.54. The van der Waals surface area contributed by atoms with Gasteiger partial charge >= 0.3 is 11.9 Å². The lowest BCUT2D eigenvalue weighted by molar-refractivity contribution is -0.139. The number of esters is 2. The maximum atomic E-state index is 13.7. The Morgan fingerprint density at radius 3 is 2.13 bits per heavy atom. The minimum atomic E-state index is -1.05. The third-order valence-electron chi connectivity index (χ3n) is 5.54. The fourth-order valence-electron chi connectivity index (χ4n) is 4.12. The smallest absolute Gasteiger partial charge is 0.336 e. The monoisotopic (exact) mass is 419 g/mol. The summed E-state index contributed by atoms with van der Waals surface area (Å²) in [4.78, 5) is 41.0. The molecule has 7 heteroatoms. The molecule has 2 aliphatic heterocycles. The normalized spacial score (nSPS) is 18.9. The predicted octanol–water partition coefficient (Wildman–Crippen LogP) is 2.80. The van der Waals surface area contributed by atoms with Crippen molar-refractivity contribution in [3.8, 4) is 5.75 Å². The van der Waals surface area contributed by atoms with Crippen LogP contribution in [0.3, 0.4) is 0 Å². The van der Waals surface area contributed by atoms with Crippen LogP contribution in [0.4, 0.5) is 5.69 Å². The first kappa shape index (κ1) is 20.4. The minimum absolute atomic E-state index is 0.0125. The van der Waals surface area contributed by atoms with E-state index >= 15 is 0 Å². The van der Waals surface area contributed by atoms with Crippen molar-refractivity contribution in [1.29, 1.82) is 0 Å². The summed E-state index contributed by atoms with van der Waals surface area (Å²) in [6, 6.07) is 12.4. The highest BCUT2D eigenvalue weighted by molar-refractivity contribution is 6.16. The summed E-state index contributed by atoms with van der Waals surface area (Å²) in [5.74, 6) is -1.15. The van der Waals surface area contributed by atoms with Crippen molar-refractivity contribution >= 4 is 29.5 Å². The second-order valence-corrected chi connectivity index (χ2v) is 7.08. The zero-order valence-corrected chi connectivity index (χ0v) is 17.3. The molecule has 2 aromatic carbocycles. The van der Waals surface area contributed by atoms with Crippen molar-refractivity contribution < 1.29 is 28.6 Å². The third kappa shape index (κ3) is 3.28. The number of hydrogen-bond donors (Lipinski definition) is 0. The summed E-state index contributed by atoms with van der Waals surface area (Å²) in [7, 11) is 4.00. The number of para-hydroxylation sites is 1. The van der Waals surface area contributed by atoms with Gasteiger partial charge in [-0.25, -0.2) is 9.59 Å². The Hall–Kier alpha value is -3.87. The highest BCUT2D eigenvalue weighted by Crippen LogP contribution is 2.42. The molecule has 31 heavy (non-hydrogen) atoms. The first-order valence-corrected chi connectivity index (χ1v) is 9.66. The van der Waals surface area contributed by atoms with Crippen LogP contribution in [0.1, 0.15) is 15.9 Å². The topological polar surface area (TPSA) is 82.1 Å². The molecule has 0 aromatic heterocycles. The number of benzene rings is 2. The van der Waals surface area contributed by atoms with Crippen LogP contribution < -0.4 is 9.64 Å². The van der Waals surface area contributed by atoms with Gasteiger partial charge in [0.15, 0.2) is 5.78 Å². The molecule has 158 valence electrons. The van der Waals surface area contributed by atoms with Crippen molar-refractivity contribution in [3.63, 3.8) is 0 Å². The Labute approximate surface area is 179 Å². The van der Waals surface area contributed by atoms with Crippen LogP contribution in [-0.2, 0) is 19.1 Å². The largest absolute Gasteiger partial charge is 0.497 e. The lowest BCUT2D eigenvalue weighted by atomic mass is 9.95. The van der Waals surface area contributed by atoms with E-state index in [4.69, 9.17) is 14.2 Å². The second-order valence-electron chi connectivity index (χ2n) is 7.08. The molecule has 2 heterocycles. The Morgan fingerprint density at radius 2 is 1.48 bits per heavy atom. The van der Waals surface area contributed by atoms with E-state index in [2.05, 4.69) is 0 Å². The molecule has 2 aliphatic rings. The molecule has 0 radical (unpaired) electrons. The number of methoxy groups -OCH3 is 3. The van der Waals surface area contributed by atoms with Gasteiger partial charge in [-0.05, 0) is 35.9 Å². The fraction of sp³-hybridized carbons (Fsp3) is 0.208. The molecule has 0 bridgehead atoms. The van der Waals surface area contributed by atoms with Crippen LogP contribution in [0.5, 0.6) is 5.75 Å². The molecule has 4 rings (SSSR count). The van der Waals surface area contributed by atoms with Crippen LogP contribution >= 0.6 is 0 Å². The summed E-state index contributed by atoms with van der Waals surface area (Å²) in [6.07, 6.45) is 3.66. The van der Waals surface area contributed by atoms with E-state index in [0.717, 1.165) is 11.3 Å². The van der Waals surface area contributed by atoms with Gasteiger partial charge in [0.05, 0.1) is 38.5 Å². The molecule has 2 atom stereocenters. The van der Waals surface area contributed by atoms with E-state index in [1.807, 2.05) is 30.3 Å². The van der Waals surface area contributed by atoms with E-state index in [-0.39, 0.29) is 16.9 Å². The first-order valence-electron chi connectivity index (χ1n) is 9.66. The summed E-state index contributed by atoms with van der Waals surface area (Å²) < 4.78 is 15.1. The summed E-state index contributed by atoms with van der Waals surface area (Å²) in [5.41, 5.74) is 2.08. The number of nitrogens with zero attached hydrogens (tertiary/aromatic N) is 1. The van der Waals surface area contributed by atoms with Gasteiger partial charge in [0.25, 0.3) is 0 Å². The number of rotatable bonds is 5. The van der Waals surface area contributed by atoms with Crippen molar-refractivity contribution in [3.05, 3.63) is 76.9 Å². The fourth-order valence-corrected chi connectivity index (χ4v) is 4.12. The van der Waals surface area contributed by atoms with Crippen LogP contribution in [0.15, 0.2) is 65.8 Å². The number of carbonyl (C=O) groups is 3. The van der Waals surface area contributed by atoms with Crippen LogP contribution in [0, 0.1) is 0 Å². The molecular formula is C24H21NO6. The zero-order chi connectivity index (χ0) is 22.1. The molecule has 7 nitrogen and oxygen atoms in total. The number of anilines is 1. The van der Waals surface area contributed by atoms with E-state index in [0.29, 0.717) is 11.3 Å². The van der Waals surface area contributed by atoms with Crippen molar-refractivity contribution in [2.45, 2.75) is 12.1 Å². The second kappa shape index (κ2) is 8.10. The summed E-state index contributed by atoms with van der Waals surface area (Å²) >= 11 is 0. The Kier molecular flexibility index (Phi) is 5.33. The SMILES string of the molecule is COC(=O)C1=C(C(=O)OC)C(C(=O)c2ccc(OC)cc2)N2c3ccccc3C=CC12. The Bertz CT molecular complexity index is 1120. The van der Waals surface area contributed by atoms with Gasteiger partial charge in [-0.3, -0.25) is 4.79 Å². The highest BCUT2D eigenvalue weighted by Gasteiger charge is 2.50. The molecule has 0 amide bonds.